The van der Waals surface area contributed by atoms with E-state index in [1.165, 1.54) is 5.57 Å². The van der Waals surface area contributed by atoms with Gasteiger partial charge in [-0.25, -0.2) is 0 Å². The molecule has 35 heavy (non-hydrogen) atoms. The maximum Gasteiger partial charge on any atom is 0.192 e. The van der Waals surface area contributed by atoms with Crippen molar-refractivity contribution < 1.29 is 14.0 Å². The molecule has 0 aromatic rings. The lowest BCUT2D eigenvalue weighted by Gasteiger charge is -2.46. The number of aliphatic hydroxyl groups is 1. The van der Waals surface area contributed by atoms with Gasteiger partial charge in [-0.3, -0.25) is 0 Å². The first-order chi connectivity index (χ1) is 15.8. The second kappa shape index (κ2) is 12.1. The molecule has 2 atom stereocenters. The SMILES string of the molecule is CC(C)C#CCC[C@]1(C)CCC(O[Si](C)(C)C(C)(C)C)C(CO[Si](C)(C)C(C)(C)C)=C1C#CCO. The van der Waals surface area contributed by atoms with Crippen molar-refractivity contribution in [3.8, 4) is 23.7 Å². The summed E-state index contributed by atoms with van der Waals surface area (Å²) in [4.78, 5) is 0. The molecule has 0 spiro atoms. The predicted octanol–water partition coefficient (Wildman–Crippen LogP) is 7.93. The van der Waals surface area contributed by atoms with Crippen LogP contribution in [0.3, 0.4) is 0 Å². The molecular weight excluding hydrogens is 464 g/mol. The van der Waals surface area contributed by atoms with E-state index < -0.39 is 16.6 Å². The Balaban J connectivity index is 3.56. The zero-order valence-corrected chi connectivity index (χ0v) is 27.2. The molecule has 0 aliphatic heterocycles. The zero-order valence-electron chi connectivity index (χ0n) is 25.2. The number of aliphatic hydroxyl groups excluding tert-OH is 1. The molecule has 1 rings (SSSR count). The molecule has 3 nitrogen and oxygen atoms in total. The third-order valence-electron chi connectivity index (χ3n) is 8.39. The van der Waals surface area contributed by atoms with Crippen molar-refractivity contribution in [3.63, 3.8) is 0 Å². The Hall–Kier alpha value is -0.826. The average molecular weight is 519 g/mol. The van der Waals surface area contributed by atoms with Gasteiger partial charge in [-0.2, -0.15) is 0 Å². The summed E-state index contributed by atoms with van der Waals surface area (Å²) < 4.78 is 13.8. The first-order valence-electron chi connectivity index (χ1n) is 13.4. The number of rotatable bonds is 7. The van der Waals surface area contributed by atoms with E-state index in [0.29, 0.717) is 12.5 Å². The molecule has 200 valence electrons. The van der Waals surface area contributed by atoms with Gasteiger partial charge in [0.2, 0.25) is 0 Å². The summed E-state index contributed by atoms with van der Waals surface area (Å²) in [7, 11) is -3.96. The van der Waals surface area contributed by atoms with Gasteiger partial charge in [0.1, 0.15) is 6.61 Å². The van der Waals surface area contributed by atoms with Gasteiger partial charge < -0.3 is 14.0 Å². The number of hydrogen-bond acceptors (Lipinski definition) is 3. The molecule has 0 saturated heterocycles. The largest absolute Gasteiger partial charge is 0.413 e. The molecule has 5 heteroatoms. The van der Waals surface area contributed by atoms with Crippen LogP contribution >= 0.6 is 0 Å². The highest BCUT2D eigenvalue weighted by atomic mass is 28.4. The van der Waals surface area contributed by atoms with Crippen molar-refractivity contribution in [1.29, 1.82) is 0 Å². The lowest BCUT2D eigenvalue weighted by atomic mass is 9.68. The highest BCUT2D eigenvalue weighted by molar-refractivity contribution is 6.74. The van der Waals surface area contributed by atoms with E-state index in [-0.39, 0.29) is 28.2 Å². The van der Waals surface area contributed by atoms with Gasteiger partial charge in [0.05, 0.1) is 12.7 Å². The molecular formula is C30H54O3Si2. The summed E-state index contributed by atoms with van der Waals surface area (Å²) in [6.45, 7) is 30.0. The standard InChI is InChI=1S/C30H54O3Si2/c1-24(2)17-14-15-20-30(9)21-19-27(33-35(12,13)29(6,7)8)25(26(30)18-16-22-31)23-32-34(10,11)28(3,4)5/h24,27,31H,15,19-23H2,1-13H3/t27?,30-/m1/s1. The fourth-order valence-corrected chi connectivity index (χ4v) is 6.10. The van der Waals surface area contributed by atoms with Crippen molar-refractivity contribution >= 4 is 16.6 Å². The van der Waals surface area contributed by atoms with Crippen LogP contribution in [0.15, 0.2) is 11.1 Å². The van der Waals surface area contributed by atoms with E-state index in [1.807, 2.05) is 0 Å². The maximum atomic E-state index is 9.59. The Morgan fingerprint density at radius 3 is 2.06 bits per heavy atom. The number of allylic oxidation sites excluding steroid dienone is 1. The first-order valence-corrected chi connectivity index (χ1v) is 19.2. The van der Waals surface area contributed by atoms with Crippen LogP contribution in [0.4, 0.5) is 0 Å². The highest BCUT2D eigenvalue weighted by Crippen LogP contribution is 2.48. The summed E-state index contributed by atoms with van der Waals surface area (Å²) >= 11 is 0. The van der Waals surface area contributed by atoms with Gasteiger partial charge in [0, 0.05) is 23.3 Å². The molecule has 0 heterocycles. The summed E-state index contributed by atoms with van der Waals surface area (Å²) in [5.41, 5.74) is 2.23. The Bertz CT molecular complexity index is 864. The van der Waals surface area contributed by atoms with E-state index in [1.54, 1.807) is 0 Å². The molecule has 1 unspecified atom stereocenters. The first kappa shape index (κ1) is 32.2. The van der Waals surface area contributed by atoms with Gasteiger partial charge in [-0.05, 0) is 61.1 Å². The van der Waals surface area contributed by atoms with Crippen LogP contribution in [0, 0.1) is 35.0 Å². The van der Waals surface area contributed by atoms with Crippen LogP contribution in [-0.2, 0) is 8.85 Å². The minimum absolute atomic E-state index is 0.0125. The topological polar surface area (TPSA) is 38.7 Å². The van der Waals surface area contributed by atoms with E-state index in [0.717, 1.165) is 31.3 Å². The van der Waals surface area contributed by atoms with Gasteiger partial charge >= 0.3 is 0 Å². The quantitative estimate of drug-likeness (QED) is 0.275. The highest BCUT2D eigenvalue weighted by Gasteiger charge is 2.45. The monoisotopic (exact) mass is 518 g/mol. The van der Waals surface area contributed by atoms with E-state index in [9.17, 15) is 5.11 Å². The van der Waals surface area contributed by atoms with Gasteiger partial charge in [0.15, 0.2) is 16.6 Å². The van der Waals surface area contributed by atoms with Crippen molar-refractivity contribution in [2.45, 2.75) is 130 Å². The maximum absolute atomic E-state index is 9.59. The fraction of sp³-hybridized carbons (Fsp3) is 0.800. The second-order valence-corrected chi connectivity index (χ2v) is 23.4. The fourth-order valence-electron chi connectivity index (χ4n) is 3.82. The molecule has 0 radical (unpaired) electrons. The molecule has 0 aromatic heterocycles. The Labute approximate surface area is 220 Å². The van der Waals surface area contributed by atoms with Crippen LogP contribution in [0.1, 0.15) is 88.0 Å². The summed E-state index contributed by atoms with van der Waals surface area (Å²) in [6.07, 6.45) is 3.80. The van der Waals surface area contributed by atoms with Crippen molar-refractivity contribution in [3.05, 3.63) is 11.1 Å². The van der Waals surface area contributed by atoms with Crippen LogP contribution in [0.2, 0.25) is 36.3 Å². The van der Waals surface area contributed by atoms with Crippen LogP contribution in [-0.4, -0.2) is 41.1 Å². The van der Waals surface area contributed by atoms with E-state index in [2.05, 4.69) is 112 Å². The molecule has 0 fully saturated rings. The van der Waals surface area contributed by atoms with Gasteiger partial charge in [-0.1, -0.05) is 74.2 Å². The molecule has 1 aliphatic carbocycles. The van der Waals surface area contributed by atoms with Gasteiger partial charge in [-0.15, -0.1) is 11.8 Å². The lowest BCUT2D eigenvalue weighted by Crippen LogP contribution is -2.48. The van der Waals surface area contributed by atoms with E-state index >= 15 is 0 Å². The summed E-state index contributed by atoms with van der Waals surface area (Å²) in [5, 5.41) is 9.84. The van der Waals surface area contributed by atoms with Crippen molar-refractivity contribution in [1.82, 2.24) is 0 Å². The Morgan fingerprint density at radius 1 is 1.00 bits per heavy atom. The second-order valence-electron chi connectivity index (χ2n) is 13.9. The van der Waals surface area contributed by atoms with Gasteiger partial charge in [0.25, 0.3) is 0 Å². The normalized spacial score (nSPS) is 22.0. The van der Waals surface area contributed by atoms with Crippen LogP contribution in [0.25, 0.3) is 0 Å². The third-order valence-corrected chi connectivity index (χ3v) is 17.4. The number of hydrogen-bond donors (Lipinski definition) is 1. The molecule has 1 N–H and O–H groups in total. The van der Waals surface area contributed by atoms with Crippen molar-refractivity contribution in [2.75, 3.05) is 13.2 Å². The minimum Gasteiger partial charge on any atom is -0.413 e. The molecule has 0 saturated carbocycles. The predicted molar refractivity (Wildman–Crippen MR) is 156 cm³/mol. The Morgan fingerprint density at radius 2 is 1.57 bits per heavy atom. The molecule has 0 bridgehead atoms. The van der Waals surface area contributed by atoms with Crippen LogP contribution < -0.4 is 0 Å². The molecule has 1 aliphatic rings. The molecule has 0 amide bonds. The smallest absolute Gasteiger partial charge is 0.192 e. The van der Waals surface area contributed by atoms with Crippen molar-refractivity contribution in [2.24, 2.45) is 11.3 Å². The summed E-state index contributed by atoms with van der Waals surface area (Å²) in [6, 6.07) is 0. The van der Waals surface area contributed by atoms with Crippen LogP contribution in [0.5, 0.6) is 0 Å². The zero-order chi connectivity index (χ0) is 27.3. The average Bonchev–Trinajstić information content (AvgIpc) is 2.68. The minimum atomic E-state index is -1.99. The third kappa shape index (κ3) is 8.90. The summed E-state index contributed by atoms with van der Waals surface area (Å²) in [5.74, 6) is 13.4. The lowest BCUT2D eigenvalue weighted by molar-refractivity contribution is 0.143. The molecule has 0 aromatic carbocycles. The van der Waals surface area contributed by atoms with E-state index in [4.69, 9.17) is 8.85 Å². The Kier molecular flexibility index (Phi) is 11.2.